The smallest absolute Gasteiger partial charge is 0.267 e. The number of hydrogen-bond donors (Lipinski definition) is 3. The molecule has 1 aromatic rings. The number of nitrogens with one attached hydrogen (secondary N) is 2. The molecule has 68 valence electrons. The fourth-order valence-electron chi connectivity index (χ4n) is 1.22. The first-order valence-electron chi connectivity index (χ1n) is 4.22. The Labute approximate surface area is 71.2 Å². The molecule has 1 heterocycles. The number of nitrogens with two attached hydrogens (primary N) is 1. The second-order valence-electron chi connectivity index (χ2n) is 2.93. The molecular formula is C8H15N3O. The van der Waals surface area contributed by atoms with Gasteiger partial charge in [-0.15, -0.1) is 0 Å². The summed E-state index contributed by atoms with van der Waals surface area (Å²) in [5.41, 5.74) is 7.16. The second-order valence-corrected chi connectivity index (χ2v) is 2.93. The SMILES string of the molecule is Cc1[nH][nH]c(=O)c1CCCCN. The predicted octanol–water partition coefficient (Wildman–Crippen LogP) is 0.293. The lowest BCUT2D eigenvalue weighted by Gasteiger charge is -1.95. The van der Waals surface area contributed by atoms with E-state index in [4.69, 9.17) is 5.73 Å². The van der Waals surface area contributed by atoms with E-state index in [1.165, 1.54) is 0 Å². The monoisotopic (exact) mass is 169 g/mol. The molecule has 0 spiro atoms. The van der Waals surface area contributed by atoms with Crippen molar-refractivity contribution in [2.75, 3.05) is 6.54 Å². The van der Waals surface area contributed by atoms with Crippen molar-refractivity contribution in [1.82, 2.24) is 10.2 Å². The Hall–Kier alpha value is -1.03. The van der Waals surface area contributed by atoms with Crippen molar-refractivity contribution < 1.29 is 0 Å². The third-order valence-corrected chi connectivity index (χ3v) is 1.97. The summed E-state index contributed by atoms with van der Waals surface area (Å²) < 4.78 is 0. The topological polar surface area (TPSA) is 74.7 Å². The molecule has 4 heteroatoms. The van der Waals surface area contributed by atoms with E-state index < -0.39 is 0 Å². The first-order valence-corrected chi connectivity index (χ1v) is 4.22. The van der Waals surface area contributed by atoms with Crippen LogP contribution in [0.25, 0.3) is 0 Å². The van der Waals surface area contributed by atoms with E-state index in [-0.39, 0.29) is 5.56 Å². The van der Waals surface area contributed by atoms with Gasteiger partial charge in [0.1, 0.15) is 0 Å². The number of unbranched alkanes of at least 4 members (excludes halogenated alkanes) is 1. The number of rotatable bonds is 4. The zero-order valence-corrected chi connectivity index (χ0v) is 7.31. The van der Waals surface area contributed by atoms with E-state index in [1.54, 1.807) is 0 Å². The molecule has 0 aliphatic rings. The fraction of sp³-hybridized carbons (Fsp3) is 0.625. The average molecular weight is 169 g/mol. The summed E-state index contributed by atoms with van der Waals surface area (Å²) in [5.74, 6) is 0. The highest BCUT2D eigenvalue weighted by Gasteiger charge is 2.03. The molecule has 1 rings (SSSR count). The molecular weight excluding hydrogens is 154 g/mol. The van der Waals surface area contributed by atoms with Crippen LogP contribution in [0.15, 0.2) is 4.79 Å². The molecule has 0 aliphatic heterocycles. The van der Waals surface area contributed by atoms with Crippen molar-refractivity contribution in [2.45, 2.75) is 26.2 Å². The molecule has 4 N–H and O–H groups in total. The number of H-pyrrole nitrogens is 2. The molecule has 0 atom stereocenters. The summed E-state index contributed by atoms with van der Waals surface area (Å²) in [7, 11) is 0. The highest BCUT2D eigenvalue weighted by Crippen LogP contribution is 2.02. The first kappa shape index (κ1) is 9.06. The molecule has 0 unspecified atom stereocenters. The van der Waals surface area contributed by atoms with Crippen LogP contribution in [-0.4, -0.2) is 16.7 Å². The Morgan fingerprint density at radius 2 is 2.08 bits per heavy atom. The highest BCUT2D eigenvalue weighted by molar-refractivity contribution is 5.14. The molecule has 0 saturated carbocycles. The molecule has 0 saturated heterocycles. The Kier molecular flexibility index (Phi) is 3.10. The van der Waals surface area contributed by atoms with Gasteiger partial charge in [0.15, 0.2) is 0 Å². The normalized spacial score (nSPS) is 10.5. The van der Waals surface area contributed by atoms with Crippen LogP contribution in [-0.2, 0) is 6.42 Å². The second kappa shape index (κ2) is 4.11. The Morgan fingerprint density at radius 3 is 2.58 bits per heavy atom. The Morgan fingerprint density at radius 1 is 1.33 bits per heavy atom. The van der Waals surface area contributed by atoms with E-state index >= 15 is 0 Å². The van der Waals surface area contributed by atoms with Gasteiger partial charge in [0.25, 0.3) is 5.56 Å². The Balaban J connectivity index is 2.56. The Bertz CT molecular complexity index is 287. The molecule has 1 aromatic heterocycles. The lowest BCUT2D eigenvalue weighted by molar-refractivity contribution is 0.740. The molecule has 4 nitrogen and oxygen atoms in total. The molecule has 0 amide bonds. The number of aryl methyl sites for hydroxylation is 1. The van der Waals surface area contributed by atoms with Gasteiger partial charge >= 0.3 is 0 Å². The van der Waals surface area contributed by atoms with Gasteiger partial charge < -0.3 is 10.8 Å². The summed E-state index contributed by atoms with van der Waals surface area (Å²) >= 11 is 0. The van der Waals surface area contributed by atoms with Gasteiger partial charge in [-0.1, -0.05) is 0 Å². The third kappa shape index (κ3) is 1.98. The number of hydrogen-bond acceptors (Lipinski definition) is 2. The van der Waals surface area contributed by atoms with Crippen LogP contribution in [0.5, 0.6) is 0 Å². The summed E-state index contributed by atoms with van der Waals surface area (Å²) in [6, 6.07) is 0. The van der Waals surface area contributed by atoms with E-state index in [0.717, 1.165) is 30.5 Å². The minimum atomic E-state index is 0.00419. The van der Waals surface area contributed by atoms with Crippen LogP contribution in [0.1, 0.15) is 24.1 Å². The molecule has 12 heavy (non-hydrogen) atoms. The van der Waals surface area contributed by atoms with Crippen molar-refractivity contribution in [1.29, 1.82) is 0 Å². The van der Waals surface area contributed by atoms with Crippen molar-refractivity contribution in [2.24, 2.45) is 5.73 Å². The van der Waals surface area contributed by atoms with Gasteiger partial charge in [0, 0.05) is 11.3 Å². The summed E-state index contributed by atoms with van der Waals surface area (Å²) in [5, 5.41) is 5.35. The summed E-state index contributed by atoms with van der Waals surface area (Å²) in [6.45, 7) is 2.59. The third-order valence-electron chi connectivity index (χ3n) is 1.97. The maximum atomic E-state index is 11.1. The largest absolute Gasteiger partial charge is 0.330 e. The van der Waals surface area contributed by atoms with Gasteiger partial charge in [-0.2, -0.15) is 0 Å². The maximum Gasteiger partial charge on any atom is 0.267 e. The molecule has 0 aliphatic carbocycles. The quantitative estimate of drug-likeness (QED) is 0.567. The lowest BCUT2D eigenvalue weighted by Crippen LogP contribution is -2.07. The fourth-order valence-corrected chi connectivity index (χ4v) is 1.22. The van der Waals surface area contributed by atoms with Crippen LogP contribution >= 0.6 is 0 Å². The maximum absolute atomic E-state index is 11.1. The van der Waals surface area contributed by atoms with Crippen LogP contribution in [0, 0.1) is 6.92 Å². The first-order chi connectivity index (χ1) is 5.75. The summed E-state index contributed by atoms with van der Waals surface area (Å²) in [6.07, 6.45) is 2.78. The zero-order chi connectivity index (χ0) is 8.97. The van der Waals surface area contributed by atoms with Gasteiger partial charge in [-0.25, -0.2) is 0 Å². The van der Waals surface area contributed by atoms with Gasteiger partial charge in [-0.05, 0) is 32.7 Å². The van der Waals surface area contributed by atoms with Crippen molar-refractivity contribution in [3.8, 4) is 0 Å². The van der Waals surface area contributed by atoms with E-state index in [2.05, 4.69) is 10.2 Å². The standard InChI is InChI=1S/C8H15N3O/c1-6-7(4-2-3-5-9)8(12)11-10-6/h2-5,9H2,1H3,(H2,10,11,12). The van der Waals surface area contributed by atoms with E-state index in [1.807, 2.05) is 6.92 Å². The van der Waals surface area contributed by atoms with E-state index in [9.17, 15) is 4.79 Å². The average Bonchev–Trinajstić information content (AvgIpc) is 2.35. The van der Waals surface area contributed by atoms with Crippen molar-refractivity contribution in [3.05, 3.63) is 21.6 Å². The van der Waals surface area contributed by atoms with Crippen LogP contribution in [0.4, 0.5) is 0 Å². The highest BCUT2D eigenvalue weighted by atomic mass is 16.1. The minimum Gasteiger partial charge on any atom is -0.330 e. The number of aromatic amines is 2. The minimum absolute atomic E-state index is 0.00419. The number of aromatic nitrogens is 2. The molecule has 0 fully saturated rings. The zero-order valence-electron chi connectivity index (χ0n) is 7.31. The molecule has 0 bridgehead atoms. The van der Waals surface area contributed by atoms with Crippen molar-refractivity contribution in [3.63, 3.8) is 0 Å². The summed E-state index contributed by atoms with van der Waals surface area (Å²) in [4.78, 5) is 11.1. The van der Waals surface area contributed by atoms with Gasteiger partial charge in [0.05, 0.1) is 0 Å². The lowest BCUT2D eigenvalue weighted by atomic mass is 10.1. The van der Waals surface area contributed by atoms with E-state index in [0.29, 0.717) is 6.54 Å². The van der Waals surface area contributed by atoms with Crippen LogP contribution in [0.3, 0.4) is 0 Å². The van der Waals surface area contributed by atoms with Gasteiger partial charge in [0.2, 0.25) is 0 Å². The van der Waals surface area contributed by atoms with Crippen LogP contribution in [0.2, 0.25) is 0 Å². The van der Waals surface area contributed by atoms with Gasteiger partial charge in [-0.3, -0.25) is 9.89 Å². The van der Waals surface area contributed by atoms with Crippen molar-refractivity contribution >= 4 is 0 Å². The molecule has 0 radical (unpaired) electrons. The van der Waals surface area contributed by atoms with Crippen LogP contribution < -0.4 is 11.3 Å². The predicted molar refractivity (Wildman–Crippen MR) is 48.1 cm³/mol. The molecule has 0 aromatic carbocycles.